The lowest BCUT2D eigenvalue weighted by atomic mass is 10.2. The lowest BCUT2D eigenvalue weighted by molar-refractivity contribution is 0.102. The molecule has 3 amide bonds. The molecular formula is C14H11F2N3O2. The van der Waals surface area contributed by atoms with Crippen molar-refractivity contribution in [3.63, 3.8) is 0 Å². The van der Waals surface area contributed by atoms with E-state index in [0.717, 1.165) is 12.1 Å². The van der Waals surface area contributed by atoms with Gasteiger partial charge in [0, 0.05) is 23.0 Å². The number of urea groups is 1. The van der Waals surface area contributed by atoms with Crippen LogP contribution in [0.2, 0.25) is 0 Å². The number of hydrogen-bond donors (Lipinski definition) is 3. The Morgan fingerprint density at radius 3 is 1.81 bits per heavy atom. The summed E-state index contributed by atoms with van der Waals surface area (Å²) in [7, 11) is 0. The maximum Gasteiger partial charge on any atom is 0.316 e. The van der Waals surface area contributed by atoms with Gasteiger partial charge < -0.3 is 16.4 Å². The Morgan fingerprint density at radius 1 is 0.857 bits per heavy atom. The fourth-order valence-corrected chi connectivity index (χ4v) is 1.67. The number of anilines is 2. The number of carbonyl (C=O) groups is 2. The highest BCUT2D eigenvalue weighted by molar-refractivity contribution is 6.04. The van der Waals surface area contributed by atoms with Gasteiger partial charge in [-0.05, 0) is 36.4 Å². The normalized spacial score (nSPS) is 10.0. The molecule has 5 nitrogen and oxygen atoms in total. The zero-order valence-electron chi connectivity index (χ0n) is 10.7. The molecule has 0 radical (unpaired) electrons. The Labute approximate surface area is 118 Å². The van der Waals surface area contributed by atoms with Crippen molar-refractivity contribution in [3.05, 3.63) is 59.7 Å². The molecule has 2 aromatic carbocycles. The van der Waals surface area contributed by atoms with Crippen LogP contribution in [-0.4, -0.2) is 11.9 Å². The number of rotatable bonds is 3. The van der Waals surface area contributed by atoms with E-state index < -0.39 is 23.6 Å². The largest absolute Gasteiger partial charge is 0.351 e. The fraction of sp³-hybridized carbons (Fsp3) is 0. The summed E-state index contributed by atoms with van der Waals surface area (Å²) in [5, 5.41) is 4.84. The second kappa shape index (κ2) is 6.00. The first-order valence-electron chi connectivity index (χ1n) is 5.88. The van der Waals surface area contributed by atoms with Gasteiger partial charge in [0.1, 0.15) is 11.6 Å². The summed E-state index contributed by atoms with van der Waals surface area (Å²) >= 11 is 0. The molecule has 7 heteroatoms. The topological polar surface area (TPSA) is 84.2 Å². The molecule has 0 unspecified atom stereocenters. The molecular weight excluding hydrogens is 280 g/mol. The first-order valence-corrected chi connectivity index (χ1v) is 5.88. The average Bonchev–Trinajstić information content (AvgIpc) is 2.39. The molecule has 0 aliphatic heterocycles. The molecule has 21 heavy (non-hydrogen) atoms. The summed E-state index contributed by atoms with van der Waals surface area (Å²) < 4.78 is 26.1. The monoisotopic (exact) mass is 291 g/mol. The third kappa shape index (κ3) is 4.00. The maximum absolute atomic E-state index is 13.0. The zero-order valence-corrected chi connectivity index (χ0v) is 10.7. The number of nitrogens with two attached hydrogens (primary N) is 1. The van der Waals surface area contributed by atoms with Gasteiger partial charge >= 0.3 is 6.03 Å². The number of carbonyl (C=O) groups excluding carboxylic acids is 2. The van der Waals surface area contributed by atoms with Crippen molar-refractivity contribution < 1.29 is 18.4 Å². The minimum Gasteiger partial charge on any atom is -0.351 e. The van der Waals surface area contributed by atoms with Gasteiger partial charge in [-0.3, -0.25) is 4.79 Å². The van der Waals surface area contributed by atoms with E-state index >= 15 is 0 Å². The lowest BCUT2D eigenvalue weighted by Crippen LogP contribution is -2.19. The predicted molar refractivity (Wildman–Crippen MR) is 74.0 cm³/mol. The van der Waals surface area contributed by atoms with Gasteiger partial charge in [-0.15, -0.1) is 0 Å². The van der Waals surface area contributed by atoms with E-state index in [1.165, 1.54) is 24.3 Å². The predicted octanol–water partition coefficient (Wildman–Crippen LogP) is 2.71. The summed E-state index contributed by atoms with van der Waals surface area (Å²) in [5.74, 6) is -2.31. The van der Waals surface area contributed by atoms with Crippen LogP contribution in [0.1, 0.15) is 10.4 Å². The molecule has 0 fully saturated rings. The summed E-state index contributed by atoms with van der Waals surface area (Å²) in [6.07, 6.45) is 0. The van der Waals surface area contributed by atoms with Crippen molar-refractivity contribution in [3.8, 4) is 0 Å². The van der Waals surface area contributed by atoms with Gasteiger partial charge in [-0.25, -0.2) is 13.6 Å². The Morgan fingerprint density at radius 2 is 1.33 bits per heavy atom. The van der Waals surface area contributed by atoms with Crippen LogP contribution in [0.25, 0.3) is 0 Å². The molecule has 0 aromatic heterocycles. The molecule has 2 aromatic rings. The highest BCUT2D eigenvalue weighted by Crippen LogP contribution is 2.15. The van der Waals surface area contributed by atoms with Crippen molar-refractivity contribution in [2.75, 3.05) is 10.6 Å². The number of hydrogen-bond acceptors (Lipinski definition) is 2. The second-order valence-corrected chi connectivity index (χ2v) is 4.18. The Kier molecular flexibility index (Phi) is 4.13. The van der Waals surface area contributed by atoms with Crippen LogP contribution in [0.5, 0.6) is 0 Å². The van der Waals surface area contributed by atoms with E-state index in [-0.39, 0.29) is 5.56 Å². The van der Waals surface area contributed by atoms with Crippen LogP contribution in [0.3, 0.4) is 0 Å². The van der Waals surface area contributed by atoms with Crippen LogP contribution < -0.4 is 16.4 Å². The number of benzene rings is 2. The first-order chi connectivity index (χ1) is 9.94. The highest BCUT2D eigenvalue weighted by atomic mass is 19.1. The fourth-order valence-electron chi connectivity index (χ4n) is 1.67. The van der Waals surface area contributed by atoms with Gasteiger partial charge in [-0.1, -0.05) is 0 Å². The maximum atomic E-state index is 13.0. The van der Waals surface area contributed by atoms with Gasteiger partial charge in [0.05, 0.1) is 0 Å². The highest BCUT2D eigenvalue weighted by Gasteiger charge is 2.09. The van der Waals surface area contributed by atoms with Crippen molar-refractivity contribution >= 4 is 23.3 Å². The van der Waals surface area contributed by atoms with Gasteiger partial charge in [0.15, 0.2) is 0 Å². The van der Waals surface area contributed by atoms with Crippen molar-refractivity contribution in [2.24, 2.45) is 5.73 Å². The summed E-state index contributed by atoms with van der Waals surface area (Å²) in [6.45, 7) is 0. The van der Waals surface area contributed by atoms with Gasteiger partial charge in [-0.2, -0.15) is 0 Å². The van der Waals surface area contributed by atoms with Crippen molar-refractivity contribution in [1.82, 2.24) is 0 Å². The molecule has 108 valence electrons. The van der Waals surface area contributed by atoms with Crippen LogP contribution in [0, 0.1) is 11.6 Å². The average molecular weight is 291 g/mol. The first kappa shape index (κ1) is 14.4. The Balaban J connectivity index is 2.10. The molecule has 2 rings (SSSR count). The molecule has 0 bridgehead atoms. The van der Waals surface area contributed by atoms with Gasteiger partial charge in [0.25, 0.3) is 5.91 Å². The number of amides is 3. The van der Waals surface area contributed by atoms with Crippen molar-refractivity contribution in [1.29, 1.82) is 0 Å². The third-order valence-electron chi connectivity index (χ3n) is 2.54. The number of primary amides is 1. The third-order valence-corrected chi connectivity index (χ3v) is 2.54. The zero-order chi connectivity index (χ0) is 15.4. The SMILES string of the molecule is NC(=O)Nc1ccc(NC(=O)c2cc(F)cc(F)c2)cc1. The van der Waals surface area contributed by atoms with Gasteiger partial charge in [0.2, 0.25) is 0 Å². The molecule has 0 aliphatic carbocycles. The minimum atomic E-state index is -0.832. The molecule has 0 saturated heterocycles. The Bertz CT molecular complexity index is 667. The standard InChI is InChI=1S/C14H11F2N3O2/c15-9-5-8(6-10(16)7-9)13(20)18-11-1-3-12(4-2-11)19-14(17)21/h1-7H,(H,18,20)(H3,17,19,21). The molecule has 0 aliphatic rings. The summed E-state index contributed by atoms with van der Waals surface area (Å²) in [6, 6.07) is 7.91. The molecule has 0 saturated carbocycles. The second-order valence-electron chi connectivity index (χ2n) is 4.18. The van der Waals surface area contributed by atoms with Crippen LogP contribution in [0.15, 0.2) is 42.5 Å². The quantitative estimate of drug-likeness (QED) is 0.812. The van der Waals surface area contributed by atoms with Crippen LogP contribution in [0.4, 0.5) is 25.0 Å². The van der Waals surface area contributed by atoms with E-state index in [9.17, 15) is 18.4 Å². The number of halogens is 2. The smallest absolute Gasteiger partial charge is 0.316 e. The summed E-state index contributed by atoms with van der Waals surface area (Å²) in [4.78, 5) is 22.5. The number of nitrogens with one attached hydrogen (secondary N) is 2. The van der Waals surface area contributed by atoms with E-state index in [4.69, 9.17) is 5.73 Å². The van der Waals surface area contributed by atoms with E-state index in [2.05, 4.69) is 10.6 Å². The van der Waals surface area contributed by atoms with Crippen molar-refractivity contribution in [2.45, 2.75) is 0 Å². The van der Waals surface area contributed by atoms with E-state index in [1.807, 2.05) is 0 Å². The molecule has 4 N–H and O–H groups in total. The molecule has 0 heterocycles. The Hall–Kier alpha value is -2.96. The molecule has 0 atom stereocenters. The van der Waals surface area contributed by atoms with E-state index in [0.29, 0.717) is 17.4 Å². The molecule has 0 spiro atoms. The van der Waals surface area contributed by atoms with Crippen LogP contribution in [-0.2, 0) is 0 Å². The van der Waals surface area contributed by atoms with E-state index in [1.54, 1.807) is 0 Å². The van der Waals surface area contributed by atoms with Crippen LogP contribution >= 0.6 is 0 Å². The minimum absolute atomic E-state index is 0.133. The summed E-state index contributed by atoms with van der Waals surface area (Å²) in [5.41, 5.74) is 5.68. The lowest BCUT2D eigenvalue weighted by Gasteiger charge is -2.07.